The van der Waals surface area contributed by atoms with Crippen molar-refractivity contribution in [1.82, 2.24) is 4.57 Å². The average Bonchev–Trinajstić information content (AvgIpc) is 2.92. The third kappa shape index (κ3) is 8.55. The van der Waals surface area contributed by atoms with E-state index in [4.69, 9.17) is 14.2 Å². The molecule has 0 N–H and O–H groups in total. The topological polar surface area (TPSA) is 49.7 Å². The first-order valence-electron chi connectivity index (χ1n) is 14.3. The highest BCUT2D eigenvalue weighted by Gasteiger charge is 2.20. The lowest BCUT2D eigenvalue weighted by Gasteiger charge is -2.19. The molecule has 0 unspecified atom stereocenters. The molecule has 2 aromatic carbocycles. The number of benzene rings is 2. The standard InChI is InChI=1S/C32H45NO4/c1-4-7-10-11-12-16-21-33-29-24-27(37-25-26-17-14-13-15-18-26)19-20-28(29)30(35-22-8-5-2)31(32(33)34)36-23-9-6-3/h13-15,17-20,24H,4-12,16,21-23,25H2,1-3H3. The fourth-order valence-corrected chi connectivity index (χ4v) is 4.39. The largest absolute Gasteiger partial charge is 0.489 e. The molecule has 0 spiro atoms. The minimum absolute atomic E-state index is 0.108. The van der Waals surface area contributed by atoms with Crippen molar-refractivity contribution >= 4 is 10.9 Å². The molecule has 0 aliphatic heterocycles. The van der Waals surface area contributed by atoms with Crippen molar-refractivity contribution in [1.29, 1.82) is 0 Å². The van der Waals surface area contributed by atoms with Crippen LogP contribution in [0, 0.1) is 0 Å². The molecule has 0 fully saturated rings. The first kappa shape index (κ1) is 28.6. The summed E-state index contributed by atoms with van der Waals surface area (Å²) in [5.41, 5.74) is 1.85. The molecule has 1 heterocycles. The van der Waals surface area contributed by atoms with Gasteiger partial charge in [-0.25, -0.2) is 0 Å². The van der Waals surface area contributed by atoms with E-state index in [2.05, 4.69) is 32.9 Å². The van der Waals surface area contributed by atoms with E-state index in [9.17, 15) is 4.79 Å². The molecule has 202 valence electrons. The predicted molar refractivity (Wildman–Crippen MR) is 153 cm³/mol. The number of unbranched alkanes of at least 4 members (excludes halogenated alkanes) is 7. The number of hydrogen-bond acceptors (Lipinski definition) is 4. The maximum atomic E-state index is 13.8. The van der Waals surface area contributed by atoms with Gasteiger partial charge in [-0.3, -0.25) is 4.79 Å². The fourth-order valence-electron chi connectivity index (χ4n) is 4.39. The second-order valence-electron chi connectivity index (χ2n) is 9.74. The highest BCUT2D eigenvalue weighted by atomic mass is 16.5. The summed E-state index contributed by atoms with van der Waals surface area (Å²) in [6.45, 7) is 8.69. The number of aromatic nitrogens is 1. The van der Waals surface area contributed by atoms with Crippen molar-refractivity contribution < 1.29 is 14.2 Å². The van der Waals surface area contributed by atoms with E-state index in [0.29, 0.717) is 37.9 Å². The predicted octanol–water partition coefficient (Wildman–Crippen LogP) is 8.30. The van der Waals surface area contributed by atoms with Crippen LogP contribution >= 0.6 is 0 Å². The lowest BCUT2D eigenvalue weighted by molar-refractivity contribution is 0.259. The third-order valence-electron chi connectivity index (χ3n) is 6.62. The molecule has 0 bridgehead atoms. The lowest BCUT2D eigenvalue weighted by atomic mass is 10.1. The quantitative estimate of drug-likeness (QED) is 0.162. The van der Waals surface area contributed by atoms with Gasteiger partial charge in [0.1, 0.15) is 12.4 Å². The average molecular weight is 508 g/mol. The van der Waals surface area contributed by atoms with Crippen molar-refractivity contribution in [3.05, 3.63) is 64.4 Å². The Bertz CT molecular complexity index is 1120. The third-order valence-corrected chi connectivity index (χ3v) is 6.62. The zero-order valence-electron chi connectivity index (χ0n) is 23.1. The van der Waals surface area contributed by atoms with Crippen molar-refractivity contribution in [2.45, 2.75) is 98.1 Å². The summed E-state index contributed by atoms with van der Waals surface area (Å²) in [5, 5.41) is 0.903. The maximum absolute atomic E-state index is 13.8. The van der Waals surface area contributed by atoms with Crippen molar-refractivity contribution in [3.8, 4) is 17.2 Å². The fraction of sp³-hybridized carbons (Fsp3) is 0.531. The molecule has 0 aliphatic rings. The molecule has 5 nitrogen and oxygen atoms in total. The highest BCUT2D eigenvalue weighted by Crippen LogP contribution is 2.35. The Kier molecular flexibility index (Phi) is 12.4. The minimum Gasteiger partial charge on any atom is -0.489 e. The zero-order valence-corrected chi connectivity index (χ0v) is 23.1. The Morgan fingerprint density at radius 2 is 1.32 bits per heavy atom. The van der Waals surface area contributed by atoms with E-state index in [1.54, 1.807) is 0 Å². The molecule has 0 saturated carbocycles. The number of fused-ring (bicyclic) bond motifs is 1. The van der Waals surface area contributed by atoms with Gasteiger partial charge in [0.25, 0.3) is 5.56 Å². The first-order chi connectivity index (χ1) is 18.2. The van der Waals surface area contributed by atoms with Crippen LogP contribution in [-0.2, 0) is 13.2 Å². The molecule has 0 saturated heterocycles. The molecule has 37 heavy (non-hydrogen) atoms. The zero-order chi connectivity index (χ0) is 26.3. The van der Waals surface area contributed by atoms with Crippen LogP contribution in [0.3, 0.4) is 0 Å². The number of aryl methyl sites for hydroxylation is 1. The molecular formula is C32H45NO4. The summed E-state index contributed by atoms with van der Waals surface area (Å²) in [7, 11) is 0. The molecule has 0 amide bonds. The smallest absolute Gasteiger partial charge is 0.297 e. The monoisotopic (exact) mass is 507 g/mol. The number of pyridine rings is 1. The first-order valence-corrected chi connectivity index (χ1v) is 14.3. The molecule has 1 aromatic heterocycles. The number of hydrogen-bond donors (Lipinski definition) is 0. The van der Waals surface area contributed by atoms with Crippen molar-refractivity contribution in [3.63, 3.8) is 0 Å². The Morgan fingerprint density at radius 1 is 0.676 bits per heavy atom. The van der Waals surface area contributed by atoms with E-state index in [-0.39, 0.29) is 5.56 Å². The summed E-state index contributed by atoms with van der Waals surface area (Å²) in [4.78, 5) is 13.8. The van der Waals surface area contributed by atoms with Crippen LogP contribution in [0.15, 0.2) is 53.3 Å². The van der Waals surface area contributed by atoms with Gasteiger partial charge >= 0.3 is 0 Å². The van der Waals surface area contributed by atoms with E-state index < -0.39 is 0 Å². The van der Waals surface area contributed by atoms with Crippen LogP contribution in [0.4, 0.5) is 0 Å². The Balaban J connectivity index is 1.97. The van der Waals surface area contributed by atoms with Crippen LogP contribution < -0.4 is 19.8 Å². The van der Waals surface area contributed by atoms with Gasteiger partial charge in [0.2, 0.25) is 5.75 Å². The van der Waals surface area contributed by atoms with Crippen molar-refractivity contribution in [2.24, 2.45) is 0 Å². The van der Waals surface area contributed by atoms with Gasteiger partial charge in [-0.1, -0.05) is 96.0 Å². The van der Waals surface area contributed by atoms with E-state index >= 15 is 0 Å². The van der Waals surface area contributed by atoms with Crippen LogP contribution in [-0.4, -0.2) is 17.8 Å². The maximum Gasteiger partial charge on any atom is 0.297 e. The molecule has 0 atom stereocenters. The summed E-state index contributed by atoms with van der Waals surface area (Å²) in [5.74, 6) is 1.66. The van der Waals surface area contributed by atoms with Crippen LogP contribution in [0.5, 0.6) is 17.2 Å². The second kappa shape index (κ2) is 16.0. The molecule has 3 aromatic rings. The van der Waals surface area contributed by atoms with E-state index in [1.807, 2.05) is 41.0 Å². The van der Waals surface area contributed by atoms with Gasteiger partial charge in [0.05, 0.1) is 18.7 Å². The molecule has 5 heteroatoms. The van der Waals surface area contributed by atoms with Gasteiger partial charge < -0.3 is 18.8 Å². The number of nitrogens with zero attached hydrogens (tertiary/aromatic N) is 1. The van der Waals surface area contributed by atoms with Gasteiger partial charge in [0.15, 0.2) is 5.75 Å². The summed E-state index contributed by atoms with van der Waals surface area (Å²) in [6, 6.07) is 16.1. The normalized spacial score (nSPS) is 11.1. The minimum atomic E-state index is -0.108. The van der Waals surface area contributed by atoms with E-state index in [1.165, 1.54) is 25.7 Å². The summed E-state index contributed by atoms with van der Waals surface area (Å²) >= 11 is 0. The summed E-state index contributed by atoms with van der Waals surface area (Å²) < 4.78 is 20.3. The Labute approximate surface area is 222 Å². The van der Waals surface area contributed by atoms with Crippen LogP contribution in [0.1, 0.15) is 90.5 Å². The van der Waals surface area contributed by atoms with Gasteiger partial charge in [-0.15, -0.1) is 0 Å². The second-order valence-corrected chi connectivity index (χ2v) is 9.74. The van der Waals surface area contributed by atoms with Crippen molar-refractivity contribution in [2.75, 3.05) is 13.2 Å². The number of rotatable bonds is 18. The van der Waals surface area contributed by atoms with Gasteiger partial charge in [-0.2, -0.15) is 0 Å². The van der Waals surface area contributed by atoms with Gasteiger partial charge in [-0.05, 0) is 37.0 Å². The molecule has 3 rings (SSSR count). The SMILES string of the molecule is CCCCCCCCn1c(=O)c(OCCCC)c(OCCCC)c2ccc(OCc3ccccc3)cc21. The number of ether oxygens (including phenoxy) is 3. The Morgan fingerprint density at radius 3 is 2.03 bits per heavy atom. The van der Waals surface area contributed by atoms with Crippen LogP contribution in [0.25, 0.3) is 10.9 Å². The highest BCUT2D eigenvalue weighted by molar-refractivity contribution is 5.89. The van der Waals surface area contributed by atoms with Gasteiger partial charge in [0, 0.05) is 18.0 Å². The molecule has 0 radical (unpaired) electrons. The lowest BCUT2D eigenvalue weighted by Crippen LogP contribution is -2.24. The molecule has 0 aliphatic carbocycles. The van der Waals surface area contributed by atoms with E-state index in [0.717, 1.165) is 60.7 Å². The Hall–Kier alpha value is -2.95. The summed E-state index contributed by atoms with van der Waals surface area (Å²) in [6.07, 6.45) is 10.9. The molecular weight excluding hydrogens is 462 g/mol. The van der Waals surface area contributed by atoms with Crippen LogP contribution in [0.2, 0.25) is 0 Å².